The molecule has 126 valence electrons. The van der Waals surface area contributed by atoms with Gasteiger partial charge in [-0.1, -0.05) is 34.8 Å². The highest BCUT2D eigenvalue weighted by Crippen LogP contribution is 2.32. The molecule has 2 aromatic carbocycles. The van der Waals surface area contributed by atoms with Crippen LogP contribution in [0.3, 0.4) is 0 Å². The number of hydrogen-bond donors (Lipinski definition) is 2. The Bertz CT molecular complexity index is 940. The van der Waals surface area contributed by atoms with E-state index in [9.17, 15) is 4.79 Å². The second-order valence-electron chi connectivity index (χ2n) is 5.57. The van der Waals surface area contributed by atoms with Crippen LogP contribution in [0, 0.1) is 6.92 Å². The number of nitrogens with one attached hydrogen (secondary N) is 1. The van der Waals surface area contributed by atoms with Crippen LogP contribution >= 0.6 is 23.2 Å². The van der Waals surface area contributed by atoms with Gasteiger partial charge >= 0.3 is 0 Å². The third-order valence-corrected chi connectivity index (χ3v) is 4.27. The van der Waals surface area contributed by atoms with Gasteiger partial charge in [-0.15, -0.1) is 0 Å². The Morgan fingerprint density at radius 3 is 2.40 bits per heavy atom. The van der Waals surface area contributed by atoms with Gasteiger partial charge in [0.25, 0.3) is 5.91 Å². The summed E-state index contributed by atoms with van der Waals surface area (Å²) in [6.45, 7) is 1.98. The third kappa shape index (κ3) is 3.92. The zero-order valence-electron chi connectivity index (χ0n) is 13.4. The summed E-state index contributed by atoms with van der Waals surface area (Å²) >= 11 is 12.1. The first kappa shape index (κ1) is 17.3. The lowest BCUT2D eigenvalue weighted by Crippen LogP contribution is -2.13. The average molecular weight is 372 g/mol. The number of carbonyl (C=O) groups excluding carboxylic acids is 1. The Morgan fingerprint density at radius 2 is 1.72 bits per heavy atom. The Balaban J connectivity index is 1.86. The molecule has 4 nitrogen and oxygen atoms in total. The zero-order valence-corrected chi connectivity index (χ0v) is 14.9. The minimum Gasteiger partial charge on any atom is -0.383 e. The Morgan fingerprint density at radius 1 is 1.00 bits per heavy atom. The van der Waals surface area contributed by atoms with Crippen molar-refractivity contribution in [3.8, 4) is 11.1 Å². The zero-order chi connectivity index (χ0) is 18.0. The number of carbonyl (C=O) groups is 1. The first-order chi connectivity index (χ1) is 11.9. The van der Waals surface area contributed by atoms with Crippen LogP contribution in [0.1, 0.15) is 15.9 Å². The van der Waals surface area contributed by atoms with Crippen LogP contribution in [0.25, 0.3) is 11.1 Å². The first-order valence-electron chi connectivity index (χ1n) is 7.54. The summed E-state index contributed by atoms with van der Waals surface area (Å²) in [6.07, 6.45) is 0. The lowest BCUT2D eigenvalue weighted by atomic mass is 10.0. The molecule has 0 saturated carbocycles. The molecular weight excluding hydrogens is 357 g/mol. The van der Waals surface area contributed by atoms with Gasteiger partial charge < -0.3 is 11.1 Å². The molecule has 0 bridgehead atoms. The van der Waals surface area contributed by atoms with Crippen molar-refractivity contribution in [2.45, 2.75) is 6.92 Å². The number of benzene rings is 2. The molecule has 3 aromatic rings. The molecule has 3 rings (SSSR count). The van der Waals surface area contributed by atoms with Crippen molar-refractivity contribution in [2.24, 2.45) is 0 Å². The molecular formula is C19H15Cl2N3O. The molecule has 1 amide bonds. The minimum absolute atomic E-state index is 0.287. The SMILES string of the molecule is Cc1ccc(Cl)c(-c2ccc(NC(=O)c3ccc(Cl)cc3)nc2N)c1. The third-order valence-electron chi connectivity index (χ3n) is 3.68. The normalized spacial score (nSPS) is 10.5. The second-order valence-corrected chi connectivity index (χ2v) is 6.42. The molecule has 0 radical (unpaired) electrons. The predicted octanol–water partition coefficient (Wildman–Crippen LogP) is 5.20. The Hall–Kier alpha value is -2.56. The van der Waals surface area contributed by atoms with E-state index in [1.165, 1.54) is 0 Å². The quantitative estimate of drug-likeness (QED) is 0.664. The smallest absolute Gasteiger partial charge is 0.256 e. The van der Waals surface area contributed by atoms with Crippen LogP contribution in [0.4, 0.5) is 11.6 Å². The van der Waals surface area contributed by atoms with Crippen LogP contribution in [0.2, 0.25) is 10.0 Å². The van der Waals surface area contributed by atoms with Gasteiger partial charge in [0, 0.05) is 26.7 Å². The van der Waals surface area contributed by atoms with Crippen LogP contribution in [0.5, 0.6) is 0 Å². The van der Waals surface area contributed by atoms with Gasteiger partial charge in [0.1, 0.15) is 11.6 Å². The van der Waals surface area contributed by atoms with Gasteiger partial charge in [0.15, 0.2) is 0 Å². The maximum atomic E-state index is 12.2. The van der Waals surface area contributed by atoms with Crippen molar-refractivity contribution in [1.82, 2.24) is 4.98 Å². The number of halogens is 2. The Kier molecular flexibility index (Phi) is 4.93. The van der Waals surface area contributed by atoms with E-state index in [0.717, 1.165) is 16.7 Å². The number of rotatable bonds is 3. The number of aromatic nitrogens is 1. The molecule has 0 spiro atoms. The number of nitrogens with two attached hydrogens (primary N) is 1. The summed E-state index contributed by atoms with van der Waals surface area (Å²) in [5, 5.41) is 3.88. The minimum atomic E-state index is -0.287. The maximum absolute atomic E-state index is 12.2. The fourth-order valence-corrected chi connectivity index (χ4v) is 2.75. The van der Waals surface area contributed by atoms with Crippen molar-refractivity contribution in [2.75, 3.05) is 11.1 Å². The number of nitrogens with zero attached hydrogens (tertiary/aromatic N) is 1. The predicted molar refractivity (Wildman–Crippen MR) is 103 cm³/mol. The number of anilines is 2. The number of nitrogen functional groups attached to an aromatic ring is 1. The molecule has 0 atom stereocenters. The van der Waals surface area contributed by atoms with Gasteiger partial charge in [-0.25, -0.2) is 4.98 Å². The lowest BCUT2D eigenvalue weighted by Gasteiger charge is -2.11. The molecule has 0 aliphatic carbocycles. The van der Waals surface area contributed by atoms with Crippen molar-refractivity contribution in [3.05, 3.63) is 75.8 Å². The maximum Gasteiger partial charge on any atom is 0.256 e. The van der Waals surface area contributed by atoms with Crippen molar-refractivity contribution in [3.63, 3.8) is 0 Å². The standard InChI is InChI=1S/C19H15Cl2N3O/c1-11-2-8-16(21)15(10-11)14-7-9-17(23-18(14)22)24-19(25)12-3-5-13(20)6-4-12/h2-10H,1H3,(H3,22,23,24,25). The topological polar surface area (TPSA) is 68.0 Å². The van der Waals surface area contributed by atoms with Gasteiger partial charge in [-0.05, 0) is 55.5 Å². The van der Waals surface area contributed by atoms with Crippen molar-refractivity contribution < 1.29 is 4.79 Å². The molecule has 3 N–H and O–H groups in total. The number of aryl methyl sites for hydroxylation is 1. The fourth-order valence-electron chi connectivity index (χ4n) is 2.41. The largest absolute Gasteiger partial charge is 0.383 e. The molecule has 6 heteroatoms. The summed E-state index contributed by atoms with van der Waals surface area (Å²) < 4.78 is 0. The van der Waals surface area contributed by atoms with E-state index in [1.54, 1.807) is 36.4 Å². The molecule has 0 fully saturated rings. The molecule has 0 saturated heterocycles. The molecule has 0 aliphatic heterocycles. The van der Waals surface area contributed by atoms with E-state index >= 15 is 0 Å². The fraction of sp³-hybridized carbons (Fsp3) is 0.0526. The van der Waals surface area contributed by atoms with E-state index in [1.807, 2.05) is 25.1 Å². The van der Waals surface area contributed by atoms with Crippen LogP contribution < -0.4 is 11.1 Å². The van der Waals surface area contributed by atoms with E-state index in [-0.39, 0.29) is 5.91 Å². The molecule has 0 aliphatic rings. The van der Waals surface area contributed by atoms with Gasteiger partial charge in [-0.3, -0.25) is 4.79 Å². The van der Waals surface area contributed by atoms with Gasteiger partial charge in [-0.2, -0.15) is 0 Å². The number of hydrogen-bond acceptors (Lipinski definition) is 3. The number of amides is 1. The van der Waals surface area contributed by atoms with E-state index in [0.29, 0.717) is 27.2 Å². The van der Waals surface area contributed by atoms with E-state index in [4.69, 9.17) is 28.9 Å². The second kappa shape index (κ2) is 7.13. The highest BCUT2D eigenvalue weighted by molar-refractivity contribution is 6.33. The molecule has 1 heterocycles. The monoisotopic (exact) mass is 371 g/mol. The van der Waals surface area contributed by atoms with Crippen molar-refractivity contribution in [1.29, 1.82) is 0 Å². The van der Waals surface area contributed by atoms with Gasteiger partial charge in [0.05, 0.1) is 0 Å². The van der Waals surface area contributed by atoms with Crippen LogP contribution in [-0.4, -0.2) is 10.9 Å². The molecule has 25 heavy (non-hydrogen) atoms. The average Bonchev–Trinajstić information content (AvgIpc) is 2.58. The summed E-state index contributed by atoms with van der Waals surface area (Å²) in [6, 6.07) is 15.8. The van der Waals surface area contributed by atoms with Crippen LogP contribution in [0.15, 0.2) is 54.6 Å². The number of pyridine rings is 1. The summed E-state index contributed by atoms with van der Waals surface area (Å²) in [5.41, 5.74) is 9.15. The highest BCUT2D eigenvalue weighted by atomic mass is 35.5. The lowest BCUT2D eigenvalue weighted by molar-refractivity contribution is 0.102. The summed E-state index contributed by atoms with van der Waals surface area (Å²) in [5.74, 6) is 0.372. The van der Waals surface area contributed by atoms with E-state index < -0.39 is 0 Å². The molecule has 1 aromatic heterocycles. The Labute approximate surface area is 155 Å². The van der Waals surface area contributed by atoms with Crippen molar-refractivity contribution >= 4 is 40.7 Å². The molecule has 0 unspecified atom stereocenters. The highest BCUT2D eigenvalue weighted by Gasteiger charge is 2.12. The van der Waals surface area contributed by atoms with Crippen LogP contribution in [-0.2, 0) is 0 Å². The van der Waals surface area contributed by atoms with E-state index in [2.05, 4.69) is 10.3 Å². The van der Waals surface area contributed by atoms with Gasteiger partial charge in [0.2, 0.25) is 0 Å². The summed E-state index contributed by atoms with van der Waals surface area (Å²) in [7, 11) is 0. The first-order valence-corrected chi connectivity index (χ1v) is 8.29. The summed E-state index contributed by atoms with van der Waals surface area (Å²) in [4.78, 5) is 16.5.